The monoisotopic (exact) mass is 377 g/mol. The maximum Gasteiger partial charge on any atom is 0.256 e. The minimum absolute atomic E-state index is 0.151. The second-order valence-electron chi connectivity index (χ2n) is 7.18. The molecule has 2 atom stereocenters. The number of carbonyl (C=O) groups is 2. The normalized spacial score (nSPS) is 18.0. The lowest BCUT2D eigenvalue weighted by molar-refractivity contribution is -0.149. The highest BCUT2D eigenvalue weighted by atomic mass is 32.2. The first kappa shape index (κ1) is 21.9. The average molecular weight is 378 g/mol. The van der Waals surface area contributed by atoms with Gasteiger partial charge in [0.25, 0.3) is 5.91 Å². The summed E-state index contributed by atoms with van der Waals surface area (Å²) in [7, 11) is -3.34. The van der Waals surface area contributed by atoms with Crippen LogP contribution in [-0.4, -0.2) is 56.2 Å². The van der Waals surface area contributed by atoms with Crippen LogP contribution in [0.2, 0.25) is 0 Å². The van der Waals surface area contributed by atoms with Crippen molar-refractivity contribution in [3.63, 3.8) is 0 Å². The highest BCUT2D eigenvalue weighted by molar-refractivity contribution is 7.88. The summed E-state index contributed by atoms with van der Waals surface area (Å²) in [6, 6.07) is 0. The van der Waals surface area contributed by atoms with E-state index in [-0.39, 0.29) is 24.3 Å². The minimum Gasteiger partial charge on any atom is -0.342 e. The summed E-state index contributed by atoms with van der Waals surface area (Å²) in [6.45, 7) is 5.35. The highest BCUT2D eigenvalue weighted by Crippen LogP contribution is 2.27. The molecule has 1 aliphatic heterocycles. The molecule has 0 bridgehead atoms. The van der Waals surface area contributed by atoms with Gasteiger partial charge in [0.1, 0.15) is 5.92 Å². The van der Waals surface area contributed by atoms with E-state index in [4.69, 9.17) is 5.21 Å². The second-order valence-corrected chi connectivity index (χ2v) is 9.02. The smallest absolute Gasteiger partial charge is 0.256 e. The van der Waals surface area contributed by atoms with Crippen molar-refractivity contribution < 1.29 is 23.2 Å². The minimum atomic E-state index is -3.34. The molecule has 0 aliphatic carbocycles. The molecule has 146 valence electrons. The van der Waals surface area contributed by atoms with Gasteiger partial charge in [-0.3, -0.25) is 14.8 Å². The van der Waals surface area contributed by atoms with Crippen molar-refractivity contribution in [2.75, 3.05) is 25.9 Å². The van der Waals surface area contributed by atoms with Gasteiger partial charge in [0.05, 0.1) is 6.26 Å². The summed E-state index contributed by atoms with van der Waals surface area (Å²) >= 11 is 0. The van der Waals surface area contributed by atoms with Gasteiger partial charge in [0, 0.05) is 19.6 Å². The first-order valence-electron chi connectivity index (χ1n) is 8.83. The van der Waals surface area contributed by atoms with E-state index in [0.717, 1.165) is 25.5 Å². The zero-order valence-electron chi connectivity index (χ0n) is 15.3. The van der Waals surface area contributed by atoms with E-state index in [1.54, 1.807) is 10.4 Å². The van der Waals surface area contributed by atoms with Crippen LogP contribution in [0.4, 0.5) is 0 Å². The third-order valence-electron chi connectivity index (χ3n) is 4.45. The molecule has 0 spiro atoms. The number of likely N-dealkylation sites (tertiary alicyclic amines) is 1. The number of sulfonamides is 1. The Hall–Kier alpha value is -1.19. The van der Waals surface area contributed by atoms with Gasteiger partial charge >= 0.3 is 0 Å². The Balaban J connectivity index is 2.93. The molecule has 1 aliphatic rings. The van der Waals surface area contributed by atoms with E-state index in [9.17, 15) is 18.0 Å². The Morgan fingerprint density at radius 2 is 1.76 bits per heavy atom. The summed E-state index contributed by atoms with van der Waals surface area (Å²) in [6.07, 6.45) is 4.88. The Morgan fingerprint density at radius 3 is 2.24 bits per heavy atom. The number of nitrogens with zero attached hydrogens (tertiary/aromatic N) is 1. The molecule has 0 aromatic rings. The van der Waals surface area contributed by atoms with Gasteiger partial charge in [-0.15, -0.1) is 0 Å². The summed E-state index contributed by atoms with van der Waals surface area (Å²) < 4.78 is 24.9. The Labute approximate surface area is 150 Å². The average Bonchev–Trinajstić information content (AvgIpc) is 2.53. The molecular weight excluding hydrogens is 346 g/mol. The standard InChI is InChI=1S/C16H31N3O5S/c1-12(2)11-13(7-8-17-25(3,23)24)14(15(20)18-22)16(21)19-9-5-4-6-10-19/h12-14,17,22H,4-11H2,1-3H3,(H,18,20)/t13-,14+/m0/s1. The molecule has 0 aromatic heterocycles. The molecule has 0 unspecified atom stereocenters. The number of carbonyl (C=O) groups excluding carboxylic acids is 2. The number of hydrogen-bond acceptors (Lipinski definition) is 5. The van der Waals surface area contributed by atoms with Crippen molar-refractivity contribution in [2.45, 2.75) is 46.0 Å². The molecule has 0 saturated carbocycles. The first-order valence-corrected chi connectivity index (χ1v) is 10.7. The van der Waals surface area contributed by atoms with Crippen LogP contribution in [0.5, 0.6) is 0 Å². The van der Waals surface area contributed by atoms with Crippen LogP contribution in [0.3, 0.4) is 0 Å². The van der Waals surface area contributed by atoms with Gasteiger partial charge in [0.15, 0.2) is 0 Å². The molecule has 1 fully saturated rings. The molecular formula is C16H31N3O5S. The van der Waals surface area contributed by atoms with Gasteiger partial charge in [-0.25, -0.2) is 18.6 Å². The van der Waals surface area contributed by atoms with E-state index >= 15 is 0 Å². The SMILES string of the molecule is CC(C)C[C@H](CCNS(C)(=O)=O)[C@H](C(=O)NO)C(=O)N1CCCCC1. The summed E-state index contributed by atoms with van der Waals surface area (Å²) in [5, 5.41) is 9.11. The third-order valence-corrected chi connectivity index (χ3v) is 5.18. The van der Waals surface area contributed by atoms with Gasteiger partial charge < -0.3 is 4.90 Å². The zero-order chi connectivity index (χ0) is 19.0. The predicted octanol–water partition coefficient (Wildman–Crippen LogP) is 0.722. The number of hydroxylamine groups is 1. The van der Waals surface area contributed by atoms with E-state index < -0.39 is 21.8 Å². The first-order chi connectivity index (χ1) is 11.7. The Morgan fingerprint density at radius 1 is 1.16 bits per heavy atom. The molecule has 9 heteroatoms. The van der Waals surface area contributed by atoms with Crippen molar-refractivity contribution >= 4 is 21.8 Å². The molecule has 0 radical (unpaired) electrons. The van der Waals surface area contributed by atoms with Crippen LogP contribution in [0.15, 0.2) is 0 Å². The van der Waals surface area contributed by atoms with Gasteiger partial charge in [-0.2, -0.15) is 0 Å². The number of rotatable bonds is 9. The fraction of sp³-hybridized carbons (Fsp3) is 0.875. The number of amides is 2. The largest absolute Gasteiger partial charge is 0.342 e. The maximum absolute atomic E-state index is 12.9. The lowest BCUT2D eigenvalue weighted by Gasteiger charge is -2.33. The quantitative estimate of drug-likeness (QED) is 0.311. The van der Waals surface area contributed by atoms with Crippen LogP contribution in [0, 0.1) is 17.8 Å². The summed E-state index contributed by atoms with van der Waals surface area (Å²) in [4.78, 5) is 26.8. The molecule has 1 rings (SSSR count). The summed E-state index contributed by atoms with van der Waals surface area (Å²) in [5.41, 5.74) is 1.62. The van der Waals surface area contributed by atoms with Crippen molar-refractivity contribution in [1.29, 1.82) is 0 Å². The molecule has 1 heterocycles. The highest BCUT2D eigenvalue weighted by Gasteiger charge is 2.37. The fourth-order valence-electron chi connectivity index (χ4n) is 3.36. The van der Waals surface area contributed by atoms with E-state index in [2.05, 4.69) is 4.72 Å². The van der Waals surface area contributed by atoms with Crippen molar-refractivity contribution in [1.82, 2.24) is 15.1 Å². The van der Waals surface area contributed by atoms with Gasteiger partial charge in [0.2, 0.25) is 15.9 Å². The fourth-order valence-corrected chi connectivity index (χ4v) is 3.85. The molecule has 25 heavy (non-hydrogen) atoms. The van der Waals surface area contributed by atoms with Crippen LogP contribution in [0.1, 0.15) is 46.0 Å². The van der Waals surface area contributed by atoms with Gasteiger partial charge in [-0.05, 0) is 43.9 Å². The van der Waals surface area contributed by atoms with Crippen molar-refractivity contribution in [3.05, 3.63) is 0 Å². The molecule has 0 aromatic carbocycles. The topological polar surface area (TPSA) is 116 Å². The lowest BCUT2D eigenvalue weighted by Crippen LogP contribution is -2.48. The summed E-state index contributed by atoms with van der Waals surface area (Å²) in [5.74, 6) is -2.13. The number of hydrogen-bond donors (Lipinski definition) is 3. The zero-order valence-corrected chi connectivity index (χ0v) is 16.1. The Kier molecular flexibility index (Phi) is 8.81. The van der Waals surface area contributed by atoms with E-state index in [0.29, 0.717) is 25.9 Å². The lowest BCUT2D eigenvalue weighted by atomic mass is 9.81. The van der Waals surface area contributed by atoms with Gasteiger partial charge in [-0.1, -0.05) is 13.8 Å². The predicted molar refractivity (Wildman–Crippen MR) is 94.3 cm³/mol. The van der Waals surface area contributed by atoms with Crippen molar-refractivity contribution in [2.24, 2.45) is 17.8 Å². The maximum atomic E-state index is 12.9. The molecule has 1 saturated heterocycles. The van der Waals surface area contributed by atoms with E-state index in [1.807, 2.05) is 13.8 Å². The third kappa shape index (κ3) is 7.70. The van der Waals surface area contributed by atoms with Crippen LogP contribution >= 0.6 is 0 Å². The number of piperidine rings is 1. The molecule has 8 nitrogen and oxygen atoms in total. The van der Waals surface area contributed by atoms with Crippen LogP contribution < -0.4 is 10.2 Å². The molecule has 3 N–H and O–H groups in total. The second kappa shape index (κ2) is 10.1. The van der Waals surface area contributed by atoms with Crippen LogP contribution in [-0.2, 0) is 19.6 Å². The molecule has 2 amide bonds. The Bertz CT molecular complexity index is 544. The van der Waals surface area contributed by atoms with Crippen LogP contribution in [0.25, 0.3) is 0 Å². The van der Waals surface area contributed by atoms with E-state index in [1.165, 1.54) is 0 Å². The number of nitrogens with one attached hydrogen (secondary N) is 2. The van der Waals surface area contributed by atoms with Crippen molar-refractivity contribution in [3.8, 4) is 0 Å².